The highest BCUT2D eigenvalue weighted by Crippen LogP contribution is 2.18. The van der Waals surface area contributed by atoms with Crippen LogP contribution in [0, 0.1) is 24.1 Å². The maximum Gasteiger partial charge on any atom is 0.339 e. The highest BCUT2D eigenvalue weighted by Gasteiger charge is 2.17. The summed E-state index contributed by atoms with van der Waals surface area (Å²) in [6, 6.07) is 4.23. The number of nitrogen functional groups attached to an aromatic ring is 1. The number of carbonyl (C=O) groups is 1. The summed E-state index contributed by atoms with van der Waals surface area (Å²) in [5, 5.41) is 8.68. The van der Waals surface area contributed by atoms with Gasteiger partial charge in [0.1, 0.15) is 11.9 Å². The number of nitrogens with zero attached hydrogens (tertiary/aromatic N) is 1. The molecule has 17 heavy (non-hydrogen) atoms. The number of carbonyl (C=O) groups excluding carboxylic acids is 1. The lowest BCUT2D eigenvalue weighted by Gasteiger charge is -2.11. The first-order valence-electron chi connectivity index (χ1n) is 5.15. The number of aryl methyl sites for hydroxylation is 1. The second kappa shape index (κ2) is 5.30. The van der Waals surface area contributed by atoms with Crippen LogP contribution in [-0.2, 0) is 4.74 Å². The minimum Gasteiger partial charge on any atom is -0.443 e. The topological polar surface area (TPSA) is 76.1 Å². The summed E-state index contributed by atoms with van der Waals surface area (Å²) in [6.45, 7) is 3.31. The number of nitriles is 1. The summed E-state index contributed by atoms with van der Waals surface area (Å²) in [5.41, 5.74) is 5.86. The molecule has 0 fully saturated rings. The molecule has 1 unspecified atom stereocenters. The van der Waals surface area contributed by atoms with Crippen molar-refractivity contribution in [2.24, 2.45) is 0 Å². The van der Waals surface area contributed by atoms with Gasteiger partial charge in [0.05, 0.1) is 11.3 Å². The van der Waals surface area contributed by atoms with Crippen LogP contribution in [0.2, 0.25) is 0 Å². The molecule has 2 N–H and O–H groups in total. The summed E-state index contributed by atoms with van der Waals surface area (Å²) in [7, 11) is 0. The van der Waals surface area contributed by atoms with Gasteiger partial charge in [-0.2, -0.15) is 5.26 Å². The van der Waals surface area contributed by atoms with Crippen LogP contribution in [-0.4, -0.2) is 12.1 Å². The zero-order chi connectivity index (χ0) is 13.0. The van der Waals surface area contributed by atoms with Gasteiger partial charge in [0, 0.05) is 0 Å². The van der Waals surface area contributed by atoms with Gasteiger partial charge in [-0.05, 0) is 31.0 Å². The van der Waals surface area contributed by atoms with Gasteiger partial charge < -0.3 is 10.5 Å². The van der Waals surface area contributed by atoms with Crippen molar-refractivity contribution in [2.75, 3.05) is 5.73 Å². The van der Waals surface area contributed by atoms with Gasteiger partial charge in [0.2, 0.25) is 0 Å². The van der Waals surface area contributed by atoms with Crippen LogP contribution in [0.25, 0.3) is 0 Å². The zero-order valence-electron chi connectivity index (χ0n) is 9.66. The lowest BCUT2D eigenvalue weighted by Crippen LogP contribution is -2.17. The Bertz CT molecular complexity index is 480. The summed E-state index contributed by atoms with van der Waals surface area (Å²) < 4.78 is 18.0. The van der Waals surface area contributed by atoms with E-state index in [4.69, 9.17) is 15.7 Å². The van der Waals surface area contributed by atoms with Gasteiger partial charge in [0.25, 0.3) is 0 Å². The normalized spacial score (nSPS) is 11.6. The fourth-order valence-electron chi connectivity index (χ4n) is 1.30. The van der Waals surface area contributed by atoms with E-state index in [1.165, 1.54) is 12.1 Å². The summed E-state index contributed by atoms with van der Waals surface area (Å²) >= 11 is 0. The standard InChI is InChI=1S/C12H13FN2O2/c1-3-8(6-14)17-12(16)9-5-11(15)10(13)4-7(9)2/h4-5,8H,3,15H2,1-2H3. The molecular formula is C12H13FN2O2. The average Bonchev–Trinajstić information content (AvgIpc) is 2.30. The Morgan fingerprint density at radius 3 is 2.82 bits per heavy atom. The number of hydrogen-bond acceptors (Lipinski definition) is 4. The van der Waals surface area contributed by atoms with Crippen molar-refractivity contribution < 1.29 is 13.9 Å². The fourth-order valence-corrected chi connectivity index (χ4v) is 1.30. The van der Waals surface area contributed by atoms with Crippen molar-refractivity contribution in [2.45, 2.75) is 26.4 Å². The van der Waals surface area contributed by atoms with Crippen LogP contribution >= 0.6 is 0 Å². The van der Waals surface area contributed by atoms with E-state index >= 15 is 0 Å². The molecule has 0 heterocycles. The van der Waals surface area contributed by atoms with Crippen molar-refractivity contribution in [3.8, 4) is 6.07 Å². The third kappa shape index (κ3) is 2.94. The minimum atomic E-state index is -0.798. The number of halogens is 1. The molecule has 0 aliphatic carbocycles. The molecule has 5 heteroatoms. The fraction of sp³-hybridized carbons (Fsp3) is 0.333. The lowest BCUT2D eigenvalue weighted by molar-refractivity contribution is 0.0400. The molecule has 0 spiro atoms. The molecule has 0 amide bonds. The van der Waals surface area contributed by atoms with Crippen LogP contribution in [0.3, 0.4) is 0 Å². The predicted octanol–water partition coefficient (Wildman–Crippen LogP) is 2.18. The van der Waals surface area contributed by atoms with Crippen LogP contribution in [0.15, 0.2) is 12.1 Å². The van der Waals surface area contributed by atoms with Crippen molar-refractivity contribution in [3.63, 3.8) is 0 Å². The molecule has 1 aromatic rings. The van der Waals surface area contributed by atoms with E-state index in [1.807, 2.05) is 6.07 Å². The van der Waals surface area contributed by atoms with Gasteiger partial charge in [-0.3, -0.25) is 0 Å². The molecule has 1 aromatic carbocycles. The number of anilines is 1. The van der Waals surface area contributed by atoms with Gasteiger partial charge in [-0.25, -0.2) is 9.18 Å². The Kier molecular flexibility index (Phi) is 4.05. The third-order valence-corrected chi connectivity index (χ3v) is 2.33. The molecular weight excluding hydrogens is 223 g/mol. The largest absolute Gasteiger partial charge is 0.443 e. The summed E-state index contributed by atoms with van der Waals surface area (Å²) in [5.74, 6) is -1.24. The van der Waals surface area contributed by atoms with Crippen LogP contribution in [0.4, 0.5) is 10.1 Å². The molecule has 0 aliphatic heterocycles. The third-order valence-electron chi connectivity index (χ3n) is 2.33. The monoisotopic (exact) mass is 236 g/mol. The number of esters is 1. The molecule has 90 valence electrons. The molecule has 1 rings (SSSR count). The molecule has 0 aliphatic rings. The number of nitrogens with two attached hydrogens (primary N) is 1. The Balaban J connectivity index is 2.98. The Morgan fingerprint density at radius 2 is 2.29 bits per heavy atom. The molecule has 0 saturated heterocycles. The van der Waals surface area contributed by atoms with Crippen LogP contribution in [0.1, 0.15) is 29.3 Å². The second-order valence-electron chi connectivity index (χ2n) is 3.62. The first-order valence-corrected chi connectivity index (χ1v) is 5.15. The number of ether oxygens (including phenoxy) is 1. The van der Waals surface area contributed by atoms with Gasteiger partial charge in [-0.1, -0.05) is 6.92 Å². The van der Waals surface area contributed by atoms with Crippen molar-refractivity contribution in [1.82, 2.24) is 0 Å². The second-order valence-corrected chi connectivity index (χ2v) is 3.62. The van der Waals surface area contributed by atoms with Gasteiger partial charge in [-0.15, -0.1) is 0 Å². The Hall–Kier alpha value is -2.09. The molecule has 1 atom stereocenters. The van der Waals surface area contributed by atoms with Gasteiger partial charge in [0.15, 0.2) is 6.10 Å². The molecule has 4 nitrogen and oxygen atoms in total. The Labute approximate surface area is 98.8 Å². The Morgan fingerprint density at radius 1 is 1.65 bits per heavy atom. The summed E-state index contributed by atoms with van der Waals surface area (Å²) in [6.07, 6.45) is -0.397. The van der Waals surface area contributed by atoms with E-state index in [0.29, 0.717) is 12.0 Å². The van der Waals surface area contributed by atoms with Crippen LogP contribution in [0.5, 0.6) is 0 Å². The van der Waals surface area contributed by atoms with Crippen molar-refractivity contribution >= 4 is 11.7 Å². The van der Waals surface area contributed by atoms with E-state index in [1.54, 1.807) is 13.8 Å². The van der Waals surface area contributed by atoms with Crippen LogP contribution < -0.4 is 5.73 Å². The number of benzene rings is 1. The first-order chi connectivity index (χ1) is 7.99. The predicted molar refractivity (Wildman–Crippen MR) is 60.7 cm³/mol. The molecule has 0 saturated carbocycles. The highest BCUT2D eigenvalue weighted by atomic mass is 19.1. The minimum absolute atomic E-state index is 0.118. The zero-order valence-corrected chi connectivity index (χ0v) is 9.66. The SMILES string of the molecule is CCC(C#N)OC(=O)c1cc(N)c(F)cc1C. The average molecular weight is 236 g/mol. The van der Waals surface area contributed by atoms with E-state index in [2.05, 4.69) is 0 Å². The quantitative estimate of drug-likeness (QED) is 0.644. The number of rotatable bonds is 3. The molecule has 0 aromatic heterocycles. The van der Waals surface area contributed by atoms with Crippen molar-refractivity contribution in [3.05, 3.63) is 29.1 Å². The molecule has 0 radical (unpaired) electrons. The lowest BCUT2D eigenvalue weighted by atomic mass is 10.1. The number of hydrogen-bond donors (Lipinski definition) is 1. The maximum atomic E-state index is 13.1. The van der Waals surface area contributed by atoms with E-state index in [-0.39, 0.29) is 11.3 Å². The van der Waals surface area contributed by atoms with E-state index in [9.17, 15) is 9.18 Å². The smallest absolute Gasteiger partial charge is 0.339 e. The van der Waals surface area contributed by atoms with E-state index in [0.717, 1.165) is 0 Å². The van der Waals surface area contributed by atoms with E-state index < -0.39 is 17.9 Å². The maximum absolute atomic E-state index is 13.1. The van der Waals surface area contributed by atoms with Gasteiger partial charge >= 0.3 is 5.97 Å². The highest BCUT2D eigenvalue weighted by molar-refractivity contribution is 5.92. The molecule has 0 bridgehead atoms. The van der Waals surface area contributed by atoms with Crippen molar-refractivity contribution in [1.29, 1.82) is 5.26 Å². The summed E-state index contributed by atoms with van der Waals surface area (Å²) in [4.78, 5) is 11.7. The first kappa shape index (κ1) is 13.0.